The molecule has 0 unspecified atom stereocenters. The topological polar surface area (TPSA) is 71.0 Å². The standard InChI is InChI=1S/C22H31N3O3S/c1-4-23-22(25(2)17-19-11-13-21(28-3)14-12-19)24-15-8-16-29(26,27)18-20-9-6-5-7-10-20/h5-7,9-14H,4,8,15-18H2,1-3H3,(H,23,24). The normalized spacial score (nSPS) is 11.9. The first-order valence-corrected chi connectivity index (χ1v) is 11.6. The molecule has 0 aliphatic heterocycles. The molecule has 158 valence electrons. The van der Waals surface area contributed by atoms with E-state index in [1.54, 1.807) is 7.11 Å². The summed E-state index contributed by atoms with van der Waals surface area (Å²) in [7, 11) is 0.485. The highest BCUT2D eigenvalue weighted by molar-refractivity contribution is 7.90. The Kier molecular flexibility index (Phi) is 8.99. The molecule has 2 aromatic carbocycles. The summed E-state index contributed by atoms with van der Waals surface area (Å²) < 4.78 is 29.8. The van der Waals surface area contributed by atoms with Crippen LogP contribution in [0.2, 0.25) is 0 Å². The van der Waals surface area contributed by atoms with E-state index in [2.05, 4.69) is 10.3 Å². The maximum Gasteiger partial charge on any atom is 0.193 e. The molecular weight excluding hydrogens is 386 g/mol. The van der Waals surface area contributed by atoms with Gasteiger partial charge in [-0.25, -0.2) is 8.42 Å². The predicted octanol–water partition coefficient (Wildman–Crippen LogP) is 3.10. The fourth-order valence-corrected chi connectivity index (χ4v) is 4.33. The van der Waals surface area contributed by atoms with Crippen LogP contribution in [0.3, 0.4) is 0 Å². The van der Waals surface area contributed by atoms with Crippen LogP contribution in [0.15, 0.2) is 59.6 Å². The predicted molar refractivity (Wildman–Crippen MR) is 119 cm³/mol. The van der Waals surface area contributed by atoms with Crippen molar-refractivity contribution in [1.29, 1.82) is 0 Å². The second-order valence-electron chi connectivity index (χ2n) is 6.87. The number of sulfone groups is 1. The lowest BCUT2D eigenvalue weighted by molar-refractivity contribution is 0.414. The van der Waals surface area contributed by atoms with Gasteiger partial charge in [-0.3, -0.25) is 4.99 Å². The molecule has 29 heavy (non-hydrogen) atoms. The van der Waals surface area contributed by atoms with Gasteiger partial charge in [0.2, 0.25) is 0 Å². The lowest BCUT2D eigenvalue weighted by Crippen LogP contribution is -2.38. The van der Waals surface area contributed by atoms with E-state index in [0.29, 0.717) is 19.5 Å². The van der Waals surface area contributed by atoms with Crippen molar-refractivity contribution in [2.75, 3.05) is 33.0 Å². The second-order valence-corrected chi connectivity index (χ2v) is 9.06. The molecule has 0 heterocycles. The zero-order chi connectivity index (χ0) is 21.1. The molecule has 2 rings (SSSR count). The fraction of sp³-hybridized carbons (Fsp3) is 0.409. The smallest absolute Gasteiger partial charge is 0.193 e. The number of rotatable bonds is 10. The first-order valence-electron chi connectivity index (χ1n) is 9.80. The van der Waals surface area contributed by atoms with Gasteiger partial charge in [-0.2, -0.15) is 0 Å². The van der Waals surface area contributed by atoms with Crippen LogP contribution in [-0.2, 0) is 22.1 Å². The van der Waals surface area contributed by atoms with Gasteiger partial charge < -0.3 is 15.0 Å². The Balaban J connectivity index is 1.88. The van der Waals surface area contributed by atoms with Gasteiger partial charge in [0.05, 0.1) is 18.6 Å². The molecule has 0 saturated carbocycles. The van der Waals surface area contributed by atoms with Crippen molar-refractivity contribution >= 4 is 15.8 Å². The molecule has 0 radical (unpaired) electrons. The summed E-state index contributed by atoms with van der Waals surface area (Å²) in [6.07, 6.45) is 0.500. The van der Waals surface area contributed by atoms with Crippen molar-refractivity contribution in [2.45, 2.75) is 25.6 Å². The van der Waals surface area contributed by atoms with Gasteiger partial charge >= 0.3 is 0 Å². The molecule has 0 spiro atoms. The minimum Gasteiger partial charge on any atom is -0.497 e. The summed E-state index contributed by atoms with van der Waals surface area (Å²) >= 11 is 0. The zero-order valence-electron chi connectivity index (χ0n) is 17.5. The van der Waals surface area contributed by atoms with E-state index in [1.165, 1.54) is 0 Å². The molecule has 0 saturated heterocycles. The van der Waals surface area contributed by atoms with Crippen molar-refractivity contribution in [3.63, 3.8) is 0 Å². The van der Waals surface area contributed by atoms with Crippen LogP contribution in [0.1, 0.15) is 24.5 Å². The van der Waals surface area contributed by atoms with Crippen molar-refractivity contribution in [3.8, 4) is 5.75 Å². The van der Waals surface area contributed by atoms with Crippen molar-refractivity contribution < 1.29 is 13.2 Å². The molecule has 6 nitrogen and oxygen atoms in total. The number of hydrogen-bond acceptors (Lipinski definition) is 4. The fourth-order valence-electron chi connectivity index (χ4n) is 2.92. The van der Waals surface area contributed by atoms with Crippen LogP contribution in [0.5, 0.6) is 5.75 Å². The van der Waals surface area contributed by atoms with Gasteiger partial charge in [-0.05, 0) is 36.6 Å². The number of ether oxygens (including phenoxy) is 1. The molecule has 0 aliphatic carbocycles. The lowest BCUT2D eigenvalue weighted by atomic mass is 10.2. The number of methoxy groups -OCH3 is 1. The van der Waals surface area contributed by atoms with Crippen molar-refractivity contribution in [1.82, 2.24) is 10.2 Å². The average molecular weight is 418 g/mol. The minimum atomic E-state index is -3.14. The lowest BCUT2D eigenvalue weighted by Gasteiger charge is -2.22. The molecule has 7 heteroatoms. The van der Waals surface area contributed by atoms with E-state index in [4.69, 9.17) is 4.74 Å². The SMILES string of the molecule is CCNC(=NCCCS(=O)(=O)Cc1ccccc1)N(C)Cc1ccc(OC)cc1. The van der Waals surface area contributed by atoms with E-state index in [1.807, 2.05) is 73.5 Å². The molecule has 0 atom stereocenters. The van der Waals surface area contributed by atoms with Crippen LogP contribution in [-0.4, -0.2) is 52.3 Å². The van der Waals surface area contributed by atoms with Gasteiger partial charge in [0.15, 0.2) is 15.8 Å². The van der Waals surface area contributed by atoms with E-state index in [0.717, 1.165) is 29.4 Å². The number of hydrogen-bond donors (Lipinski definition) is 1. The summed E-state index contributed by atoms with van der Waals surface area (Å²) in [5.41, 5.74) is 1.97. The van der Waals surface area contributed by atoms with Crippen LogP contribution >= 0.6 is 0 Å². The highest BCUT2D eigenvalue weighted by Gasteiger charge is 2.12. The largest absolute Gasteiger partial charge is 0.497 e. The summed E-state index contributed by atoms with van der Waals surface area (Å²) in [5.74, 6) is 1.81. The first-order chi connectivity index (χ1) is 13.9. The molecule has 0 fully saturated rings. The van der Waals surface area contributed by atoms with E-state index in [-0.39, 0.29) is 11.5 Å². The Morgan fingerprint density at radius 1 is 1.07 bits per heavy atom. The average Bonchev–Trinajstić information content (AvgIpc) is 2.71. The summed E-state index contributed by atoms with van der Waals surface area (Å²) in [6.45, 7) is 3.92. The van der Waals surface area contributed by atoms with E-state index < -0.39 is 9.84 Å². The number of guanidine groups is 1. The molecule has 0 amide bonds. The Morgan fingerprint density at radius 3 is 2.38 bits per heavy atom. The maximum atomic E-state index is 12.3. The quantitative estimate of drug-likeness (QED) is 0.365. The van der Waals surface area contributed by atoms with Gasteiger partial charge in [0.25, 0.3) is 0 Å². The monoisotopic (exact) mass is 417 g/mol. The molecule has 1 N–H and O–H groups in total. The first kappa shape index (κ1) is 22.7. The highest BCUT2D eigenvalue weighted by Crippen LogP contribution is 2.13. The Bertz CT molecular complexity index is 866. The Labute approximate surface area is 174 Å². The summed E-state index contributed by atoms with van der Waals surface area (Å²) in [5, 5.41) is 3.26. The molecule has 0 aromatic heterocycles. The number of benzene rings is 2. The van der Waals surface area contributed by atoms with E-state index in [9.17, 15) is 8.42 Å². The molecule has 0 bridgehead atoms. The molecule has 2 aromatic rings. The van der Waals surface area contributed by atoms with Gasteiger partial charge in [-0.1, -0.05) is 42.5 Å². The Morgan fingerprint density at radius 2 is 1.76 bits per heavy atom. The maximum absolute atomic E-state index is 12.3. The third-order valence-electron chi connectivity index (χ3n) is 4.38. The van der Waals surface area contributed by atoms with Crippen LogP contribution < -0.4 is 10.1 Å². The van der Waals surface area contributed by atoms with Gasteiger partial charge in [0, 0.05) is 26.7 Å². The minimum absolute atomic E-state index is 0.0784. The third kappa shape index (κ3) is 8.15. The summed E-state index contributed by atoms with van der Waals surface area (Å²) in [4.78, 5) is 6.63. The van der Waals surface area contributed by atoms with Crippen molar-refractivity contribution in [2.24, 2.45) is 4.99 Å². The second kappa shape index (κ2) is 11.5. The highest BCUT2D eigenvalue weighted by atomic mass is 32.2. The van der Waals surface area contributed by atoms with Crippen molar-refractivity contribution in [3.05, 3.63) is 65.7 Å². The Hall–Kier alpha value is -2.54. The zero-order valence-corrected chi connectivity index (χ0v) is 18.3. The third-order valence-corrected chi connectivity index (χ3v) is 6.06. The summed E-state index contributed by atoms with van der Waals surface area (Å²) in [6, 6.07) is 17.2. The van der Waals surface area contributed by atoms with Gasteiger partial charge in [0.1, 0.15) is 5.75 Å². The number of nitrogens with one attached hydrogen (secondary N) is 1. The van der Waals surface area contributed by atoms with E-state index >= 15 is 0 Å². The number of nitrogens with zero attached hydrogens (tertiary/aromatic N) is 2. The van der Waals surface area contributed by atoms with Crippen LogP contribution in [0.4, 0.5) is 0 Å². The molecular formula is C22H31N3O3S. The van der Waals surface area contributed by atoms with Crippen LogP contribution in [0.25, 0.3) is 0 Å². The van der Waals surface area contributed by atoms with Gasteiger partial charge in [-0.15, -0.1) is 0 Å². The van der Waals surface area contributed by atoms with Crippen LogP contribution in [0, 0.1) is 0 Å². The molecule has 0 aliphatic rings. The number of aliphatic imine (C=N–C) groups is 1.